The maximum absolute atomic E-state index is 12.8. The Balaban J connectivity index is 1.79. The normalized spacial score (nSPS) is 11.3. The highest BCUT2D eigenvalue weighted by atomic mass is 19.4. The van der Waals surface area contributed by atoms with Crippen molar-refractivity contribution in [1.82, 2.24) is 9.97 Å². The van der Waals surface area contributed by atoms with E-state index in [1.54, 1.807) is 18.2 Å². The number of aromatic nitrogens is 2. The number of aryl methyl sites for hydroxylation is 1. The highest BCUT2D eigenvalue weighted by Crippen LogP contribution is 2.29. The second-order valence-electron chi connectivity index (χ2n) is 5.72. The number of rotatable bonds is 3. The van der Waals surface area contributed by atoms with Crippen LogP contribution >= 0.6 is 0 Å². The molecule has 0 aliphatic heterocycles. The predicted octanol–water partition coefficient (Wildman–Crippen LogP) is 4.40. The van der Waals surface area contributed by atoms with Gasteiger partial charge in [-0.05, 0) is 29.8 Å². The van der Waals surface area contributed by atoms with Crippen LogP contribution in [-0.4, -0.2) is 21.2 Å². The van der Waals surface area contributed by atoms with E-state index in [-0.39, 0.29) is 0 Å². The lowest BCUT2D eigenvalue weighted by molar-refractivity contribution is -0.141. The summed E-state index contributed by atoms with van der Waals surface area (Å²) in [6, 6.07) is 10.7. The number of nitrogens with zero attached hydrogens (tertiary/aromatic N) is 2. The first-order valence-electron chi connectivity index (χ1n) is 7.69. The summed E-state index contributed by atoms with van der Waals surface area (Å²) in [5, 5.41) is 15.3. The average Bonchev–Trinajstić information content (AvgIpc) is 2.60. The van der Waals surface area contributed by atoms with Crippen molar-refractivity contribution < 1.29 is 23.2 Å². The molecule has 0 saturated heterocycles. The van der Waals surface area contributed by atoms with E-state index in [2.05, 4.69) is 20.6 Å². The van der Waals surface area contributed by atoms with Gasteiger partial charge in [0, 0.05) is 11.8 Å². The third-order valence-corrected chi connectivity index (χ3v) is 3.61. The number of hydrogen-bond donors (Lipinski definition) is 4. The minimum atomic E-state index is -4.77. The molecule has 0 aliphatic rings. The van der Waals surface area contributed by atoms with Crippen LogP contribution in [0.4, 0.5) is 35.4 Å². The molecular formula is C17H14F3N5O2. The first-order valence-corrected chi connectivity index (χ1v) is 7.69. The molecule has 4 N–H and O–H groups in total. The summed E-state index contributed by atoms with van der Waals surface area (Å²) in [5.41, 5.74) is 1.68. The Hall–Kier alpha value is -3.40. The molecule has 0 saturated carbocycles. The van der Waals surface area contributed by atoms with Crippen LogP contribution in [0.5, 0.6) is 0 Å². The molecule has 10 heteroatoms. The number of urea groups is 1. The second-order valence-corrected chi connectivity index (χ2v) is 5.72. The fourth-order valence-electron chi connectivity index (χ4n) is 2.41. The summed E-state index contributed by atoms with van der Waals surface area (Å²) in [4.78, 5) is 18.9. The van der Waals surface area contributed by atoms with Gasteiger partial charge in [-0.2, -0.15) is 18.2 Å². The van der Waals surface area contributed by atoms with Gasteiger partial charge in [-0.15, -0.1) is 0 Å². The van der Waals surface area contributed by atoms with Crippen molar-refractivity contribution >= 4 is 34.3 Å². The zero-order valence-corrected chi connectivity index (χ0v) is 13.9. The third kappa shape index (κ3) is 4.42. The van der Waals surface area contributed by atoms with E-state index in [9.17, 15) is 18.0 Å². The van der Waals surface area contributed by atoms with Gasteiger partial charge >= 0.3 is 12.2 Å². The largest absolute Gasteiger partial charge is 0.433 e. The molecule has 0 radical (unpaired) electrons. The van der Waals surface area contributed by atoms with Gasteiger partial charge in [0.1, 0.15) is 0 Å². The summed E-state index contributed by atoms with van der Waals surface area (Å²) >= 11 is 0. The molecule has 0 fully saturated rings. The maximum Gasteiger partial charge on any atom is 0.433 e. The van der Waals surface area contributed by atoms with Gasteiger partial charge in [-0.3, -0.25) is 16.0 Å². The van der Waals surface area contributed by atoms with Crippen LogP contribution in [0.25, 0.3) is 10.8 Å². The molecule has 2 amide bonds. The van der Waals surface area contributed by atoms with Crippen molar-refractivity contribution in [2.75, 3.05) is 16.1 Å². The number of carbonyl (C=O) groups excluding carboxylic acids is 1. The van der Waals surface area contributed by atoms with Crippen LogP contribution in [-0.2, 0) is 6.18 Å². The smallest absolute Gasteiger partial charge is 0.308 e. The SMILES string of the molecule is Cc1ccc2ccc(NC(=O)Nc3nc(NO)cc(C(F)(F)F)n3)cc2c1. The Morgan fingerprint density at radius 1 is 1.00 bits per heavy atom. The topological polar surface area (TPSA) is 99.2 Å². The van der Waals surface area contributed by atoms with E-state index in [0.29, 0.717) is 11.8 Å². The van der Waals surface area contributed by atoms with E-state index in [1.165, 1.54) is 5.48 Å². The minimum absolute atomic E-state index is 0.443. The number of hydrogen-bond acceptors (Lipinski definition) is 5. The van der Waals surface area contributed by atoms with Crippen molar-refractivity contribution in [2.45, 2.75) is 13.1 Å². The van der Waals surface area contributed by atoms with Gasteiger partial charge in [0.05, 0.1) is 0 Å². The van der Waals surface area contributed by atoms with Gasteiger partial charge in [-0.1, -0.05) is 29.8 Å². The van der Waals surface area contributed by atoms with Crippen LogP contribution in [0.15, 0.2) is 42.5 Å². The van der Waals surface area contributed by atoms with Gasteiger partial charge in [0.2, 0.25) is 5.95 Å². The summed E-state index contributed by atoms with van der Waals surface area (Å²) < 4.78 is 38.5. The first kappa shape index (κ1) is 18.4. The molecule has 0 aliphatic carbocycles. The number of halogens is 3. The van der Waals surface area contributed by atoms with Crippen LogP contribution < -0.4 is 16.1 Å². The lowest BCUT2D eigenvalue weighted by Gasteiger charge is -2.11. The zero-order valence-electron chi connectivity index (χ0n) is 13.9. The van der Waals surface area contributed by atoms with Crippen molar-refractivity contribution in [3.05, 3.63) is 53.7 Å². The van der Waals surface area contributed by atoms with E-state index < -0.39 is 29.7 Å². The van der Waals surface area contributed by atoms with E-state index in [1.807, 2.05) is 25.1 Å². The first-order chi connectivity index (χ1) is 12.7. The highest BCUT2D eigenvalue weighted by Gasteiger charge is 2.34. The fourth-order valence-corrected chi connectivity index (χ4v) is 2.41. The Labute approximate surface area is 151 Å². The Morgan fingerprint density at radius 3 is 2.44 bits per heavy atom. The van der Waals surface area contributed by atoms with Crippen LogP contribution in [0, 0.1) is 6.92 Å². The molecule has 2 aromatic carbocycles. The minimum Gasteiger partial charge on any atom is -0.308 e. The number of fused-ring (bicyclic) bond motifs is 1. The molecule has 0 spiro atoms. The molecule has 1 heterocycles. The number of nitrogens with one attached hydrogen (secondary N) is 3. The molecule has 140 valence electrons. The van der Waals surface area contributed by atoms with Gasteiger partial charge in [0.15, 0.2) is 11.5 Å². The third-order valence-electron chi connectivity index (χ3n) is 3.61. The van der Waals surface area contributed by atoms with Gasteiger partial charge < -0.3 is 5.32 Å². The molecule has 0 unspecified atom stereocenters. The monoisotopic (exact) mass is 377 g/mol. The summed E-state index contributed by atoms with van der Waals surface area (Å²) in [6.45, 7) is 1.93. The van der Waals surface area contributed by atoms with Crippen molar-refractivity contribution in [2.24, 2.45) is 0 Å². The number of benzene rings is 2. The molecule has 7 nitrogen and oxygen atoms in total. The maximum atomic E-state index is 12.8. The Morgan fingerprint density at radius 2 is 1.74 bits per heavy atom. The van der Waals surface area contributed by atoms with Crippen LogP contribution in [0.3, 0.4) is 0 Å². The number of carbonyl (C=O) groups is 1. The standard InChI is InChI=1S/C17H14F3N5O2/c1-9-2-3-10-4-5-12(7-11(10)6-9)21-16(26)24-15-22-13(17(18,19)20)8-14(23-15)25-27/h2-8,27H,1H3,(H3,21,22,23,24,25,26). The van der Waals surface area contributed by atoms with Crippen molar-refractivity contribution in [3.8, 4) is 0 Å². The number of alkyl halides is 3. The average molecular weight is 377 g/mol. The van der Waals surface area contributed by atoms with Crippen LogP contribution in [0.2, 0.25) is 0 Å². The predicted molar refractivity (Wildman–Crippen MR) is 93.8 cm³/mol. The molecule has 0 atom stereocenters. The molecule has 3 aromatic rings. The molecule has 3 rings (SSSR count). The summed E-state index contributed by atoms with van der Waals surface area (Å²) in [7, 11) is 0. The Bertz CT molecular complexity index is 1010. The van der Waals surface area contributed by atoms with E-state index in [4.69, 9.17) is 5.21 Å². The van der Waals surface area contributed by atoms with E-state index >= 15 is 0 Å². The summed E-state index contributed by atoms with van der Waals surface area (Å²) in [5.74, 6) is -1.12. The number of amides is 2. The van der Waals surface area contributed by atoms with Gasteiger partial charge in [0.25, 0.3) is 0 Å². The molecular weight excluding hydrogens is 363 g/mol. The second kappa shape index (κ2) is 7.08. The van der Waals surface area contributed by atoms with Crippen molar-refractivity contribution in [1.29, 1.82) is 0 Å². The quantitative estimate of drug-likeness (QED) is 0.507. The highest BCUT2D eigenvalue weighted by molar-refractivity contribution is 6.00. The number of anilines is 3. The molecule has 1 aromatic heterocycles. The zero-order chi connectivity index (χ0) is 19.6. The summed E-state index contributed by atoms with van der Waals surface area (Å²) in [6.07, 6.45) is -4.77. The van der Waals surface area contributed by atoms with Crippen molar-refractivity contribution in [3.63, 3.8) is 0 Å². The fraction of sp³-hybridized carbons (Fsp3) is 0.118. The Kier molecular flexibility index (Phi) is 4.82. The molecule has 0 bridgehead atoms. The van der Waals surface area contributed by atoms with E-state index in [0.717, 1.165) is 16.3 Å². The lowest BCUT2D eigenvalue weighted by atomic mass is 10.1. The van der Waals surface area contributed by atoms with Gasteiger partial charge in [-0.25, -0.2) is 9.78 Å². The van der Waals surface area contributed by atoms with Crippen LogP contribution in [0.1, 0.15) is 11.3 Å². The molecule has 27 heavy (non-hydrogen) atoms. The lowest BCUT2D eigenvalue weighted by Crippen LogP contribution is -2.22.